The summed E-state index contributed by atoms with van der Waals surface area (Å²) in [5.74, 6) is -0.434. The van der Waals surface area contributed by atoms with E-state index >= 15 is 0 Å². The van der Waals surface area contributed by atoms with E-state index < -0.39 is 19.4 Å². The van der Waals surface area contributed by atoms with Crippen LogP contribution in [0.1, 0.15) is 59.2 Å². The molecule has 3 aromatic rings. The minimum Gasteiger partial charge on any atom is -0.508 e. The molecule has 1 aliphatic carbocycles. The minimum absolute atomic E-state index is 0.0180. The van der Waals surface area contributed by atoms with Gasteiger partial charge in [-0.05, 0) is 43.2 Å². The van der Waals surface area contributed by atoms with Gasteiger partial charge in [0.05, 0.1) is 5.56 Å². The number of hydrogen-bond donors (Lipinski definition) is 4. The van der Waals surface area contributed by atoms with Gasteiger partial charge in [0.1, 0.15) is 11.5 Å². The quantitative estimate of drug-likeness (QED) is 0.303. The van der Waals surface area contributed by atoms with Gasteiger partial charge >= 0.3 is 13.8 Å². The number of aromatic hydroxyl groups is 1. The number of benzene rings is 3. The van der Waals surface area contributed by atoms with Crippen LogP contribution in [0.2, 0.25) is 0 Å². The number of carbonyl (C=O) groups is 1. The third kappa shape index (κ3) is 5.57. The Morgan fingerprint density at radius 3 is 2.00 bits per heavy atom. The highest BCUT2D eigenvalue weighted by Crippen LogP contribution is 2.48. The van der Waals surface area contributed by atoms with Gasteiger partial charge in [-0.1, -0.05) is 61.7 Å². The van der Waals surface area contributed by atoms with Gasteiger partial charge in [0.25, 0.3) is 0 Å². The van der Waals surface area contributed by atoms with E-state index in [1.807, 2.05) is 0 Å². The van der Waals surface area contributed by atoms with Crippen LogP contribution in [0.3, 0.4) is 0 Å². The van der Waals surface area contributed by atoms with Crippen molar-refractivity contribution >= 4 is 13.8 Å². The van der Waals surface area contributed by atoms with Gasteiger partial charge in [0.15, 0.2) is 5.60 Å². The van der Waals surface area contributed by atoms with Crippen molar-refractivity contribution in [1.82, 2.24) is 0 Å². The zero-order chi connectivity index (χ0) is 25.1. The molecule has 1 unspecified atom stereocenters. The van der Waals surface area contributed by atoms with Gasteiger partial charge in [-0.15, -0.1) is 0 Å². The molecule has 0 radical (unpaired) electrons. The summed E-state index contributed by atoms with van der Waals surface area (Å²) in [7, 11) is -4.68. The summed E-state index contributed by atoms with van der Waals surface area (Å²) < 4.78 is 21.5. The highest BCUT2D eigenvalue weighted by atomic mass is 31.2. The maximum absolute atomic E-state index is 12.5. The lowest BCUT2D eigenvalue weighted by molar-refractivity contribution is 0.0251. The Hall–Kier alpha value is -3.16. The van der Waals surface area contributed by atoms with Gasteiger partial charge < -0.3 is 20.1 Å². The van der Waals surface area contributed by atoms with Crippen LogP contribution in [0.5, 0.6) is 11.5 Å². The number of phenols is 1. The maximum atomic E-state index is 12.5. The van der Waals surface area contributed by atoms with E-state index in [2.05, 4.69) is 4.52 Å². The van der Waals surface area contributed by atoms with Crippen LogP contribution in [-0.2, 0) is 14.9 Å². The molecule has 5 rings (SSSR count). The van der Waals surface area contributed by atoms with Crippen LogP contribution in [0, 0.1) is 0 Å². The zero-order valence-electron chi connectivity index (χ0n) is 19.0. The van der Waals surface area contributed by atoms with E-state index in [1.165, 1.54) is 56.4 Å². The molecule has 0 aromatic heterocycles. The molecule has 5 N–H and O–H groups in total. The number of ether oxygens (including phenoxy) is 1. The summed E-state index contributed by atoms with van der Waals surface area (Å²) in [5, 5.41) is 9.65. The molecule has 9 heteroatoms. The summed E-state index contributed by atoms with van der Waals surface area (Å²) in [6.07, 6.45) is 6.66. The van der Waals surface area contributed by atoms with Crippen molar-refractivity contribution in [2.75, 3.05) is 0 Å². The Morgan fingerprint density at radius 1 is 0.886 bits per heavy atom. The van der Waals surface area contributed by atoms with E-state index in [4.69, 9.17) is 20.3 Å². The number of phenolic OH excluding ortho intramolecular Hbond substituents is 1. The van der Waals surface area contributed by atoms with Crippen LogP contribution in [0.4, 0.5) is 0 Å². The summed E-state index contributed by atoms with van der Waals surface area (Å²) in [4.78, 5) is 30.5. The summed E-state index contributed by atoms with van der Waals surface area (Å²) in [6.45, 7) is 0. The smallest absolute Gasteiger partial charge is 0.508 e. The van der Waals surface area contributed by atoms with Crippen LogP contribution in [-0.4, -0.2) is 26.9 Å². The Balaban J connectivity index is 0.000000356. The normalized spacial score (nSPS) is 19.8. The minimum atomic E-state index is -4.68. The number of rotatable bonds is 4. The lowest BCUT2D eigenvalue weighted by atomic mass is 9.80. The monoisotopic (exact) mass is 497 g/mol. The van der Waals surface area contributed by atoms with Crippen LogP contribution < -0.4 is 10.3 Å². The summed E-state index contributed by atoms with van der Waals surface area (Å²) in [5.41, 5.74) is 6.61. The van der Waals surface area contributed by atoms with Crippen molar-refractivity contribution in [1.29, 1.82) is 0 Å². The number of nitrogens with two attached hydrogens (primary N) is 1. The van der Waals surface area contributed by atoms with Crippen LogP contribution >= 0.6 is 7.82 Å². The molecule has 35 heavy (non-hydrogen) atoms. The Morgan fingerprint density at radius 2 is 1.46 bits per heavy atom. The van der Waals surface area contributed by atoms with E-state index in [-0.39, 0.29) is 11.5 Å². The second-order valence-electron chi connectivity index (χ2n) is 8.67. The predicted molar refractivity (Wildman–Crippen MR) is 130 cm³/mol. The molecule has 1 heterocycles. The first-order chi connectivity index (χ1) is 16.7. The number of carbonyl (C=O) groups excluding carboxylic acids is 1. The Bertz CT molecular complexity index is 1220. The van der Waals surface area contributed by atoms with Gasteiger partial charge in [0.2, 0.25) is 0 Å². The fourth-order valence-electron chi connectivity index (χ4n) is 4.53. The largest absolute Gasteiger partial charge is 0.524 e. The molecule has 0 amide bonds. The fraction of sp³-hybridized carbons (Fsp3) is 0.269. The standard InChI is InChI=1S/C20H15O7P.C6H13N/c21-15-9-5-13(6-10-15)20(18-4-2-1-3-17(18)19(22)26-20)14-7-11-16(12-8-14)27-28(23,24)25;7-6-4-2-1-3-5-6/h1-12,21H,(H2,23,24,25);6H,1-5,7H2. The van der Waals surface area contributed by atoms with Crippen LogP contribution in [0.15, 0.2) is 72.8 Å². The number of cyclic esters (lactones) is 1. The SMILES string of the molecule is NC1CCCCC1.O=C1OC(c2ccc(O)cc2)(c2ccc(OP(=O)(O)O)cc2)c2ccccc21. The molecule has 2 aliphatic rings. The van der Waals surface area contributed by atoms with Crippen molar-refractivity contribution in [3.05, 3.63) is 95.1 Å². The van der Waals surface area contributed by atoms with Gasteiger partial charge in [0, 0.05) is 22.7 Å². The average Bonchev–Trinajstić information content (AvgIpc) is 3.13. The maximum Gasteiger partial charge on any atom is 0.524 e. The molecule has 184 valence electrons. The third-order valence-corrected chi connectivity index (χ3v) is 6.63. The molecular weight excluding hydrogens is 469 g/mol. The number of esters is 1. The molecule has 1 saturated carbocycles. The van der Waals surface area contributed by atoms with Gasteiger partial charge in [-0.25, -0.2) is 9.36 Å². The predicted octanol–water partition coefficient (Wildman–Crippen LogP) is 4.60. The fourth-order valence-corrected chi connectivity index (χ4v) is 4.93. The highest BCUT2D eigenvalue weighted by Gasteiger charge is 2.48. The van der Waals surface area contributed by atoms with E-state index in [9.17, 15) is 14.5 Å². The van der Waals surface area contributed by atoms with E-state index in [0.717, 1.165) is 0 Å². The van der Waals surface area contributed by atoms with Crippen molar-refractivity contribution in [2.24, 2.45) is 5.73 Å². The van der Waals surface area contributed by atoms with Crippen molar-refractivity contribution in [2.45, 2.75) is 43.7 Å². The second-order valence-corrected chi connectivity index (χ2v) is 9.83. The third-order valence-electron chi connectivity index (χ3n) is 6.18. The molecule has 0 spiro atoms. The molecule has 1 fully saturated rings. The molecule has 8 nitrogen and oxygen atoms in total. The Labute approximate surface area is 203 Å². The van der Waals surface area contributed by atoms with Crippen molar-refractivity contribution in [3.63, 3.8) is 0 Å². The molecular formula is C26H28NO7P. The number of fused-ring (bicyclic) bond motifs is 1. The molecule has 0 bridgehead atoms. The topological polar surface area (TPSA) is 139 Å². The van der Waals surface area contributed by atoms with Crippen molar-refractivity contribution in [3.8, 4) is 11.5 Å². The van der Waals surface area contributed by atoms with Gasteiger partial charge in [-0.3, -0.25) is 9.79 Å². The first-order valence-corrected chi connectivity index (χ1v) is 13.0. The highest BCUT2D eigenvalue weighted by molar-refractivity contribution is 7.46. The van der Waals surface area contributed by atoms with Gasteiger partial charge in [-0.2, -0.15) is 0 Å². The zero-order valence-corrected chi connectivity index (χ0v) is 19.9. The average molecular weight is 497 g/mol. The number of hydrogen-bond acceptors (Lipinski definition) is 6. The lowest BCUT2D eigenvalue weighted by Crippen LogP contribution is -2.29. The second kappa shape index (κ2) is 10.2. The first-order valence-electron chi connectivity index (χ1n) is 11.4. The molecule has 3 aromatic carbocycles. The number of phosphoric acid groups is 1. The van der Waals surface area contributed by atoms with E-state index in [1.54, 1.807) is 48.5 Å². The number of phosphoric ester groups is 1. The summed E-state index contributed by atoms with van der Waals surface area (Å²) >= 11 is 0. The van der Waals surface area contributed by atoms with Crippen molar-refractivity contribution < 1.29 is 33.5 Å². The summed E-state index contributed by atoms with van der Waals surface area (Å²) in [6, 6.07) is 19.8. The lowest BCUT2D eigenvalue weighted by Gasteiger charge is -2.30. The first kappa shape index (κ1) is 24.9. The molecule has 1 atom stereocenters. The van der Waals surface area contributed by atoms with Crippen LogP contribution in [0.25, 0.3) is 0 Å². The van der Waals surface area contributed by atoms with E-state index in [0.29, 0.717) is 28.3 Å². The molecule has 0 saturated heterocycles. The Kier molecular flexibility index (Phi) is 7.28. The molecule has 1 aliphatic heterocycles.